The maximum absolute atomic E-state index is 13.3. The van der Waals surface area contributed by atoms with Crippen LogP contribution in [0.15, 0.2) is 59.4 Å². The van der Waals surface area contributed by atoms with Gasteiger partial charge in [0.15, 0.2) is 0 Å². The van der Waals surface area contributed by atoms with Crippen LogP contribution in [0.5, 0.6) is 0 Å². The van der Waals surface area contributed by atoms with E-state index in [1.165, 1.54) is 0 Å². The summed E-state index contributed by atoms with van der Waals surface area (Å²) in [5, 5.41) is 6.63. The first-order chi connectivity index (χ1) is 20.3. The third-order valence-electron chi connectivity index (χ3n) is 8.56. The van der Waals surface area contributed by atoms with Crippen molar-refractivity contribution in [1.29, 1.82) is 0 Å². The van der Waals surface area contributed by atoms with Crippen molar-refractivity contribution in [3.05, 3.63) is 86.8 Å². The summed E-state index contributed by atoms with van der Waals surface area (Å²) in [6.45, 7) is 7.74. The highest BCUT2D eigenvalue weighted by molar-refractivity contribution is 6.31. The minimum absolute atomic E-state index is 0.0502. The first kappa shape index (κ1) is 28.5. The Bertz CT molecular complexity index is 1550. The number of morpholine rings is 1. The van der Waals surface area contributed by atoms with Crippen LogP contribution >= 0.6 is 11.6 Å². The predicted octanol–water partition coefficient (Wildman–Crippen LogP) is 4.35. The van der Waals surface area contributed by atoms with Gasteiger partial charge in [-0.2, -0.15) is 0 Å². The maximum Gasteiger partial charge on any atom is 0.255 e. The van der Waals surface area contributed by atoms with Crippen molar-refractivity contribution in [2.75, 3.05) is 61.5 Å². The fraction of sp³-hybridized carbons (Fsp3) is 0.406. The van der Waals surface area contributed by atoms with Crippen molar-refractivity contribution >= 4 is 40.5 Å². The number of piperidine rings is 1. The zero-order valence-electron chi connectivity index (χ0n) is 23.8. The number of benzene rings is 2. The van der Waals surface area contributed by atoms with E-state index in [1.54, 1.807) is 30.3 Å². The van der Waals surface area contributed by atoms with E-state index >= 15 is 0 Å². The van der Waals surface area contributed by atoms with Gasteiger partial charge >= 0.3 is 0 Å². The number of nitrogens with zero attached hydrogens (tertiary/aromatic N) is 3. The molecule has 0 unspecified atom stereocenters. The number of rotatable bonds is 7. The van der Waals surface area contributed by atoms with Crippen molar-refractivity contribution < 1.29 is 14.3 Å². The van der Waals surface area contributed by atoms with Gasteiger partial charge in [0.05, 0.1) is 24.6 Å². The summed E-state index contributed by atoms with van der Waals surface area (Å²) in [4.78, 5) is 43.6. The molecule has 2 fully saturated rings. The molecule has 3 aliphatic rings. The summed E-state index contributed by atoms with van der Waals surface area (Å²) < 4.78 is 7.34. The number of pyridine rings is 1. The Morgan fingerprint density at radius 2 is 1.81 bits per heavy atom. The molecule has 0 radical (unpaired) electrons. The molecule has 2 bridgehead atoms. The highest BCUT2D eigenvalue weighted by Crippen LogP contribution is 2.39. The molecule has 0 spiro atoms. The third-order valence-corrected chi connectivity index (χ3v) is 8.79. The molecule has 3 aliphatic heterocycles. The van der Waals surface area contributed by atoms with Crippen molar-refractivity contribution in [2.24, 2.45) is 5.92 Å². The normalized spacial score (nSPS) is 20.1. The Morgan fingerprint density at radius 3 is 2.64 bits per heavy atom. The van der Waals surface area contributed by atoms with Gasteiger partial charge in [0.1, 0.15) is 0 Å². The average molecular weight is 590 g/mol. The molecule has 0 aliphatic carbocycles. The Balaban J connectivity index is 1.26. The van der Waals surface area contributed by atoms with Gasteiger partial charge in [0.25, 0.3) is 11.5 Å². The number of halogens is 1. The summed E-state index contributed by atoms with van der Waals surface area (Å²) in [5.74, 6) is 0.152. The zero-order chi connectivity index (χ0) is 29.2. The van der Waals surface area contributed by atoms with Crippen LogP contribution in [0.2, 0.25) is 5.02 Å². The standard InChI is InChI=1S/C32H36ClN5O4/c1-21-5-7-25(33)17-26(21)35-32(41)23-6-8-29(27(16-23)34-30(39)9-10-36-11-13-42-14-12-36)37-18-22-15-24(20-37)28-3-2-4-31(40)38(28)19-22/h2-8,16-17,22,24H,9-15,18-20H2,1H3,(H,34,39)(H,35,41)/t22-,24+/m1/s1. The number of hydrogen-bond donors (Lipinski definition) is 2. The molecule has 2 amide bonds. The fourth-order valence-corrected chi connectivity index (χ4v) is 6.54. The van der Waals surface area contributed by atoms with Crippen LogP contribution in [-0.4, -0.2) is 67.2 Å². The average Bonchev–Trinajstić information content (AvgIpc) is 2.99. The first-order valence-electron chi connectivity index (χ1n) is 14.6. The van der Waals surface area contributed by atoms with Crippen molar-refractivity contribution in [3.8, 4) is 0 Å². The summed E-state index contributed by atoms with van der Waals surface area (Å²) in [6, 6.07) is 16.4. The van der Waals surface area contributed by atoms with E-state index in [4.69, 9.17) is 16.3 Å². The Morgan fingerprint density at radius 1 is 0.976 bits per heavy atom. The second-order valence-electron chi connectivity index (χ2n) is 11.5. The lowest BCUT2D eigenvalue weighted by atomic mass is 9.83. The number of aromatic nitrogens is 1. The minimum Gasteiger partial charge on any atom is -0.379 e. The molecule has 2 saturated heterocycles. The van der Waals surface area contributed by atoms with E-state index in [9.17, 15) is 14.4 Å². The van der Waals surface area contributed by atoms with Crippen molar-refractivity contribution in [2.45, 2.75) is 32.2 Å². The van der Waals surface area contributed by atoms with Crippen molar-refractivity contribution in [1.82, 2.24) is 9.47 Å². The molecular weight excluding hydrogens is 554 g/mol. The maximum atomic E-state index is 13.3. The Labute approximate surface area is 250 Å². The van der Waals surface area contributed by atoms with Gasteiger partial charge in [-0.3, -0.25) is 19.3 Å². The van der Waals surface area contributed by atoms with Gasteiger partial charge < -0.3 is 24.8 Å². The molecule has 42 heavy (non-hydrogen) atoms. The molecule has 2 aromatic carbocycles. The molecular formula is C32H36ClN5O4. The molecule has 6 rings (SSSR count). The molecule has 10 heteroatoms. The monoisotopic (exact) mass is 589 g/mol. The summed E-state index contributed by atoms with van der Waals surface area (Å²) in [6.07, 6.45) is 1.37. The van der Waals surface area contributed by atoms with Crippen LogP contribution in [0.1, 0.15) is 40.4 Å². The lowest BCUT2D eigenvalue weighted by molar-refractivity contribution is -0.116. The predicted molar refractivity (Wildman–Crippen MR) is 165 cm³/mol. The number of hydrogen-bond acceptors (Lipinski definition) is 6. The Kier molecular flexibility index (Phi) is 8.33. The summed E-state index contributed by atoms with van der Waals surface area (Å²) in [7, 11) is 0. The zero-order valence-corrected chi connectivity index (χ0v) is 24.5. The molecule has 1 aromatic heterocycles. The molecule has 9 nitrogen and oxygen atoms in total. The molecule has 2 N–H and O–H groups in total. The number of ether oxygens (including phenoxy) is 1. The lowest BCUT2D eigenvalue weighted by Crippen LogP contribution is -2.47. The van der Waals surface area contributed by atoms with Gasteiger partial charge in [0.2, 0.25) is 5.91 Å². The second kappa shape index (κ2) is 12.3. The van der Waals surface area contributed by atoms with Crippen LogP contribution in [0.3, 0.4) is 0 Å². The number of carbonyl (C=O) groups excluding carboxylic acids is 2. The quantitative estimate of drug-likeness (QED) is 0.426. The topological polar surface area (TPSA) is 95.9 Å². The van der Waals surface area contributed by atoms with E-state index in [1.807, 2.05) is 35.8 Å². The fourth-order valence-electron chi connectivity index (χ4n) is 6.37. The van der Waals surface area contributed by atoms with E-state index in [0.717, 1.165) is 49.5 Å². The summed E-state index contributed by atoms with van der Waals surface area (Å²) in [5.41, 5.74) is 4.59. The van der Waals surface area contributed by atoms with Gasteiger partial charge in [-0.1, -0.05) is 23.7 Å². The number of anilines is 3. The van der Waals surface area contributed by atoms with E-state index in [2.05, 4.69) is 20.4 Å². The number of carbonyl (C=O) groups is 2. The molecule has 3 aromatic rings. The number of fused-ring (bicyclic) bond motifs is 4. The highest BCUT2D eigenvalue weighted by atomic mass is 35.5. The van der Waals surface area contributed by atoms with E-state index in [-0.39, 0.29) is 23.3 Å². The van der Waals surface area contributed by atoms with Crippen molar-refractivity contribution in [3.63, 3.8) is 0 Å². The van der Waals surface area contributed by atoms with Gasteiger partial charge in [-0.05, 0) is 61.2 Å². The number of nitrogens with one attached hydrogen (secondary N) is 2. The van der Waals surface area contributed by atoms with E-state index in [0.29, 0.717) is 60.6 Å². The molecule has 4 heterocycles. The molecule has 0 saturated carbocycles. The van der Waals surface area contributed by atoms with Crippen LogP contribution in [0, 0.1) is 12.8 Å². The third kappa shape index (κ3) is 6.23. The number of amides is 2. The first-order valence-corrected chi connectivity index (χ1v) is 15.0. The minimum atomic E-state index is -0.278. The summed E-state index contributed by atoms with van der Waals surface area (Å²) >= 11 is 6.17. The lowest BCUT2D eigenvalue weighted by Gasteiger charge is -2.44. The number of aryl methyl sites for hydroxylation is 1. The largest absolute Gasteiger partial charge is 0.379 e. The van der Waals surface area contributed by atoms with Gasteiger partial charge in [-0.25, -0.2) is 0 Å². The molecule has 220 valence electrons. The van der Waals surface area contributed by atoms with Crippen LogP contribution in [-0.2, 0) is 16.1 Å². The SMILES string of the molecule is Cc1ccc(Cl)cc1NC(=O)c1ccc(N2C[C@H]3C[C@@H](C2)c2cccc(=O)n2C3)c(NC(=O)CCN2CCOCC2)c1. The van der Waals surface area contributed by atoms with E-state index < -0.39 is 0 Å². The Hall–Kier alpha value is -3.66. The van der Waals surface area contributed by atoms with Crippen LogP contribution in [0.4, 0.5) is 17.1 Å². The van der Waals surface area contributed by atoms with Gasteiger partial charge in [-0.15, -0.1) is 0 Å². The van der Waals surface area contributed by atoms with Gasteiger partial charge in [0, 0.05) is 79.6 Å². The van der Waals surface area contributed by atoms with Crippen LogP contribution < -0.4 is 21.1 Å². The second-order valence-corrected chi connectivity index (χ2v) is 11.9. The smallest absolute Gasteiger partial charge is 0.255 e. The molecule has 2 atom stereocenters. The highest BCUT2D eigenvalue weighted by Gasteiger charge is 2.35. The van der Waals surface area contributed by atoms with Crippen LogP contribution in [0.25, 0.3) is 0 Å².